The second-order valence-electron chi connectivity index (χ2n) is 4.48. The Morgan fingerprint density at radius 1 is 1.28 bits per heavy atom. The van der Waals surface area contributed by atoms with Gasteiger partial charge in [-0.05, 0) is 44.0 Å². The van der Waals surface area contributed by atoms with Crippen LogP contribution >= 0.6 is 11.6 Å². The van der Waals surface area contributed by atoms with Gasteiger partial charge in [0.1, 0.15) is 0 Å². The molecule has 1 saturated heterocycles. The van der Waals surface area contributed by atoms with Crippen LogP contribution < -0.4 is 5.32 Å². The number of likely N-dealkylation sites (tertiary alicyclic amines) is 1. The van der Waals surface area contributed by atoms with Gasteiger partial charge in [-0.3, -0.25) is 4.79 Å². The normalized spacial score (nSPS) is 15.9. The molecule has 0 spiro atoms. The Bertz CT molecular complexity index is 447. The zero-order valence-electron chi connectivity index (χ0n) is 10.4. The maximum atomic E-state index is 11.8. The number of allylic oxidation sites excluding steroid dienone is 1. The molecule has 2 rings (SSSR count). The van der Waals surface area contributed by atoms with Gasteiger partial charge >= 0.3 is 0 Å². The molecule has 1 amide bonds. The molecule has 0 saturated carbocycles. The summed E-state index contributed by atoms with van der Waals surface area (Å²) in [5.41, 5.74) is 1.79. The van der Waals surface area contributed by atoms with Crippen LogP contribution in [0, 0.1) is 0 Å². The van der Waals surface area contributed by atoms with E-state index in [0.717, 1.165) is 24.5 Å². The van der Waals surface area contributed by atoms with Crippen molar-refractivity contribution in [1.82, 2.24) is 4.90 Å². The highest BCUT2D eigenvalue weighted by atomic mass is 35.5. The van der Waals surface area contributed by atoms with E-state index >= 15 is 0 Å². The summed E-state index contributed by atoms with van der Waals surface area (Å²) in [5.74, 6) is -0.0956. The molecular weight excluding hydrogens is 248 g/mol. The SMILES string of the molecule is C/C(=C/C(=O)Nc1ccc(Cl)cc1)N1CCCC1. The quantitative estimate of drug-likeness (QED) is 0.850. The molecule has 1 fully saturated rings. The first-order valence-electron chi connectivity index (χ1n) is 6.15. The Morgan fingerprint density at radius 3 is 2.50 bits per heavy atom. The van der Waals surface area contributed by atoms with Crippen LogP contribution in [0.3, 0.4) is 0 Å². The van der Waals surface area contributed by atoms with Crippen LogP contribution in [-0.2, 0) is 4.79 Å². The highest BCUT2D eigenvalue weighted by Gasteiger charge is 2.12. The zero-order chi connectivity index (χ0) is 13.0. The fourth-order valence-corrected chi connectivity index (χ4v) is 2.19. The molecule has 0 unspecified atom stereocenters. The number of carbonyl (C=O) groups is 1. The smallest absolute Gasteiger partial charge is 0.250 e. The average molecular weight is 265 g/mol. The molecule has 4 heteroatoms. The van der Waals surface area contributed by atoms with Crippen molar-refractivity contribution >= 4 is 23.2 Å². The van der Waals surface area contributed by atoms with Gasteiger partial charge in [-0.2, -0.15) is 0 Å². The lowest BCUT2D eigenvalue weighted by atomic mass is 10.3. The monoisotopic (exact) mass is 264 g/mol. The number of nitrogens with zero attached hydrogens (tertiary/aromatic N) is 1. The van der Waals surface area contributed by atoms with Crippen LogP contribution in [0.15, 0.2) is 36.0 Å². The maximum Gasteiger partial charge on any atom is 0.250 e. The molecule has 1 N–H and O–H groups in total. The maximum absolute atomic E-state index is 11.8. The molecule has 1 aromatic rings. The summed E-state index contributed by atoms with van der Waals surface area (Å²) < 4.78 is 0. The molecule has 1 heterocycles. The minimum Gasteiger partial charge on any atom is -0.375 e. The Kier molecular flexibility index (Phi) is 4.26. The van der Waals surface area contributed by atoms with Gasteiger partial charge in [-0.15, -0.1) is 0 Å². The van der Waals surface area contributed by atoms with Crippen LogP contribution in [0.4, 0.5) is 5.69 Å². The van der Waals surface area contributed by atoms with Gasteiger partial charge in [0, 0.05) is 35.6 Å². The molecule has 0 aliphatic carbocycles. The standard InChI is InChI=1S/C14H17ClN2O/c1-11(17-8-2-3-9-17)10-14(18)16-13-6-4-12(15)5-7-13/h4-7,10H,2-3,8-9H2,1H3,(H,16,18)/b11-10-. The van der Waals surface area contributed by atoms with Crippen LogP contribution in [-0.4, -0.2) is 23.9 Å². The minimum absolute atomic E-state index is 0.0956. The van der Waals surface area contributed by atoms with Crippen molar-refractivity contribution in [2.24, 2.45) is 0 Å². The van der Waals surface area contributed by atoms with Gasteiger partial charge < -0.3 is 10.2 Å². The molecule has 1 aliphatic heterocycles. The van der Waals surface area contributed by atoms with Crippen LogP contribution in [0.5, 0.6) is 0 Å². The molecule has 0 atom stereocenters. The lowest BCUT2D eigenvalue weighted by Gasteiger charge is -2.17. The minimum atomic E-state index is -0.0956. The van der Waals surface area contributed by atoms with Crippen molar-refractivity contribution in [3.8, 4) is 0 Å². The number of hydrogen-bond donors (Lipinski definition) is 1. The molecule has 1 aromatic carbocycles. The average Bonchev–Trinajstić information content (AvgIpc) is 2.85. The molecular formula is C14H17ClN2O. The first-order valence-corrected chi connectivity index (χ1v) is 6.53. The fraction of sp³-hybridized carbons (Fsp3) is 0.357. The van der Waals surface area contributed by atoms with E-state index in [4.69, 9.17) is 11.6 Å². The summed E-state index contributed by atoms with van der Waals surface area (Å²) in [6, 6.07) is 7.10. The first-order chi connectivity index (χ1) is 8.65. The molecule has 3 nitrogen and oxygen atoms in total. The Balaban J connectivity index is 1.95. The number of carbonyl (C=O) groups excluding carboxylic acids is 1. The Morgan fingerprint density at radius 2 is 1.89 bits per heavy atom. The van der Waals surface area contributed by atoms with Gasteiger partial charge in [0.2, 0.25) is 5.91 Å². The number of rotatable bonds is 3. The van der Waals surface area contributed by atoms with Crippen LogP contribution in [0.2, 0.25) is 5.02 Å². The largest absolute Gasteiger partial charge is 0.375 e. The zero-order valence-corrected chi connectivity index (χ0v) is 11.2. The predicted molar refractivity (Wildman–Crippen MR) is 74.6 cm³/mol. The van der Waals surface area contributed by atoms with E-state index in [0.29, 0.717) is 5.02 Å². The first kappa shape index (κ1) is 13.0. The van der Waals surface area contributed by atoms with Gasteiger partial charge in [-0.25, -0.2) is 0 Å². The second-order valence-corrected chi connectivity index (χ2v) is 4.91. The summed E-state index contributed by atoms with van der Waals surface area (Å²) in [7, 11) is 0. The van der Waals surface area contributed by atoms with Crippen LogP contribution in [0.1, 0.15) is 19.8 Å². The third-order valence-corrected chi connectivity index (χ3v) is 3.31. The molecule has 0 radical (unpaired) electrons. The van der Waals surface area contributed by atoms with E-state index in [1.54, 1.807) is 30.3 Å². The van der Waals surface area contributed by atoms with Crippen molar-refractivity contribution in [3.05, 3.63) is 41.1 Å². The van der Waals surface area contributed by atoms with Crippen molar-refractivity contribution in [2.45, 2.75) is 19.8 Å². The number of benzene rings is 1. The molecule has 1 aliphatic rings. The Hall–Kier alpha value is -1.48. The highest BCUT2D eigenvalue weighted by Crippen LogP contribution is 2.15. The van der Waals surface area contributed by atoms with E-state index in [-0.39, 0.29) is 5.91 Å². The fourth-order valence-electron chi connectivity index (χ4n) is 2.06. The van der Waals surface area contributed by atoms with Crippen molar-refractivity contribution in [3.63, 3.8) is 0 Å². The third kappa shape index (κ3) is 3.50. The van der Waals surface area contributed by atoms with E-state index in [1.807, 2.05) is 6.92 Å². The number of hydrogen-bond acceptors (Lipinski definition) is 2. The summed E-state index contributed by atoms with van der Waals surface area (Å²) in [4.78, 5) is 14.1. The highest BCUT2D eigenvalue weighted by molar-refractivity contribution is 6.30. The predicted octanol–water partition coefficient (Wildman–Crippen LogP) is 3.28. The number of halogens is 1. The molecule has 18 heavy (non-hydrogen) atoms. The molecule has 0 aromatic heterocycles. The number of anilines is 1. The van der Waals surface area contributed by atoms with Crippen molar-refractivity contribution in [1.29, 1.82) is 0 Å². The van der Waals surface area contributed by atoms with Gasteiger partial charge in [0.25, 0.3) is 0 Å². The summed E-state index contributed by atoms with van der Waals surface area (Å²) in [5, 5.41) is 3.49. The van der Waals surface area contributed by atoms with Gasteiger partial charge in [0.05, 0.1) is 0 Å². The summed E-state index contributed by atoms with van der Waals surface area (Å²) >= 11 is 5.79. The summed E-state index contributed by atoms with van der Waals surface area (Å²) in [6.07, 6.45) is 4.08. The van der Waals surface area contributed by atoms with Gasteiger partial charge in [0.15, 0.2) is 0 Å². The summed E-state index contributed by atoms with van der Waals surface area (Å²) in [6.45, 7) is 4.08. The molecule has 0 bridgehead atoms. The van der Waals surface area contributed by atoms with Crippen molar-refractivity contribution in [2.75, 3.05) is 18.4 Å². The topological polar surface area (TPSA) is 32.3 Å². The van der Waals surface area contributed by atoms with E-state index in [2.05, 4.69) is 10.2 Å². The van der Waals surface area contributed by atoms with Gasteiger partial charge in [-0.1, -0.05) is 11.6 Å². The molecule has 96 valence electrons. The van der Waals surface area contributed by atoms with E-state index < -0.39 is 0 Å². The van der Waals surface area contributed by atoms with E-state index in [1.165, 1.54) is 12.8 Å². The Labute approximate surface area is 112 Å². The number of amides is 1. The van der Waals surface area contributed by atoms with E-state index in [9.17, 15) is 4.79 Å². The number of nitrogens with one attached hydrogen (secondary N) is 1. The van der Waals surface area contributed by atoms with Crippen LogP contribution in [0.25, 0.3) is 0 Å². The second kappa shape index (κ2) is 5.91. The van der Waals surface area contributed by atoms with Crippen molar-refractivity contribution < 1.29 is 4.79 Å². The lowest BCUT2D eigenvalue weighted by molar-refractivity contribution is -0.112. The third-order valence-electron chi connectivity index (χ3n) is 3.06. The lowest BCUT2D eigenvalue weighted by Crippen LogP contribution is -2.19.